The second-order valence-corrected chi connectivity index (χ2v) is 7.58. The lowest BCUT2D eigenvalue weighted by molar-refractivity contribution is -0.145. The van der Waals surface area contributed by atoms with Crippen LogP contribution in [-0.4, -0.2) is 31.0 Å². The number of rotatable bonds is 16. The molecule has 0 heterocycles. The van der Waals surface area contributed by atoms with Crippen LogP contribution in [0.3, 0.4) is 0 Å². The summed E-state index contributed by atoms with van der Waals surface area (Å²) in [5, 5.41) is 2.29. The van der Waals surface area contributed by atoms with Crippen LogP contribution in [-0.2, 0) is 25.7 Å². The Bertz CT molecular complexity index is 672. The first-order valence-electron chi connectivity index (χ1n) is 11.3. The topological polar surface area (TPSA) is 81.7 Å². The Morgan fingerprint density at radius 1 is 0.935 bits per heavy atom. The number of hydrogen-bond acceptors (Lipinski definition) is 5. The van der Waals surface area contributed by atoms with E-state index in [2.05, 4.69) is 17.0 Å². The van der Waals surface area contributed by atoms with Crippen LogP contribution in [0.1, 0.15) is 76.7 Å². The van der Waals surface area contributed by atoms with Crippen LogP contribution in [0.25, 0.3) is 0 Å². The van der Waals surface area contributed by atoms with E-state index in [0.29, 0.717) is 0 Å². The number of allylic oxidation sites excluding steroid dienone is 1. The van der Waals surface area contributed by atoms with Crippen LogP contribution in [0.2, 0.25) is 0 Å². The van der Waals surface area contributed by atoms with Crippen molar-refractivity contribution in [1.29, 1.82) is 0 Å². The Kier molecular flexibility index (Phi) is 14.6. The number of benzene rings is 1. The molecular weight excluding hydrogens is 394 g/mol. The highest BCUT2D eigenvalue weighted by Gasteiger charge is 2.28. The first-order chi connectivity index (χ1) is 15.1. The van der Waals surface area contributed by atoms with E-state index >= 15 is 0 Å². The SMILES string of the molecule is CCCCCCCCCCC/C=C/C(=O)C(NC(=O)OCc1ccccc1)C(=O)OC. The van der Waals surface area contributed by atoms with Crippen LogP contribution in [0.5, 0.6) is 0 Å². The number of esters is 1. The molecule has 0 aliphatic carbocycles. The summed E-state index contributed by atoms with van der Waals surface area (Å²) in [5.41, 5.74) is 0.805. The Morgan fingerprint density at radius 2 is 1.55 bits per heavy atom. The zero-order valence-corrected chi connectivity index (χ0v) is 18.9. The van der Waals surface area contributed by atoms with Crippen molar-refractivity contribution in [2.75, 3.05) is 7.11 Å². The minimum Gasteiger partial charge on any atom is -0.467 e. The molecule has 31 heavy (non-hydrogen) atoms. The average molecular weight is 432 g/mol. The van der Waals surface area contributed by atoms with Gasteiger partial charge in [-0.25, -0.2) is 9.59 Å². The summed E-state index contributed by atoms with van der Waals surface area (Å²) >= 11 is 0. The zero-order valence-electron chi connectivity index (χ0n) is 18.9. The highest BCUT2D eigenvalue weighted by atomic mass is 16.6. The van der Waals surface area contributed by atoms with E-state index in [9.17, 15) is 14.4 Å². The standard InChI is InChI=1S/C25H37NO5/c1-3-4-5-6-7-8-9-10-11-12-16-19-22(27)23(24(28)30-2)26-25(29)31-20-21-17-14-13-15-18-21/h13-19,23H,3-12,20H2,1-2H3,(H,26,29)/b19-16+. The summed E-state index contributed by atoms with van der Waals surface area (Å²) in [6, 6.07) is 7.73. The maximum atomic E-state index is 12.4. The molecule has 1 rings (SSSR count). The number of ether oxygens (including phenoxy) is 2. The van der Waals surface area contributed by atoms with E-state index in [1.165, 1.54) is 58.1 Å². The van der Waals surface area contributed by atoms with Gasteiger partial charge in [-0.2, -0.15) is 0 Å². The second kappa shape index (κ2) is 17.1. The molecule has 0 saturated heterocycles. The van der Waals surface area contributed by atoms with Gasteiger partial charge in [-0.3, -0.25) is 4.79 Å². The maximum Gasteiger partial charge on any atom is 0.408 e. The smallest absolute Gasteiger partial charge is 0.408 e. The Balaban J connectivity index is 2.31. The molecule has 1 unspecified atom stereocenters. The van der Waals surface area contributed by atoms with Gasteiger partial charge in [0.05, 0.1) is 7.11 Å². The molecule has 0 bridgehead atoms. The molecule has 1 aromatic rings. The summed E-state index contributed by atoms with van der Waals surface area (Å²) < 4.78 is 9.72. The molecule has 0 spiro atoms. The van der Waals surface area contributed by atoms with Gasteiger partial charge in [-0.1, -0.05) is 94.7 Å². The Morgan fingerprint density at radius 3 is 2.16 bits per heavy atom. The van der Waals surface area contributed by atoms with E-state index in [0.717, 1.165) is 24.8 Å². The molecule has 172 valence electrons. The van der Waals surface area contributed by atoms with Crippen LogP contribution >= 0.6 is 0 Å². The normalized spacial score (nSPS) is 11.8. The molecule has 0 saturated carbocycles. The van der Waals surface area contributed by atoms with E-state index in [-0.39, 0.29) is 6.61 Å². The van der Waals surface area contributed by atoms with Gasteiger partial charge < -0.3 is 14.8 Å². The van der Waals surface area contributed by atoms with E-state index in [4.69, 9.17) is 4.74 Å². The first-order valence-corrected chi connectivity index (χ1v) is 11.3. The van der Waals surface area contributed by atoms with Gasteiger partial charge in [-0.15, -0.1) is 0 Å². The van der Waals surface area contributed by atoms with Gasteiger partial charge in [0.15, 0.2) is 11.8 Å². The Hall–Kier alpha value is -2.63. The fraction of sp³-hybridized carbons (Fsp3) is 0.560. The number of unbranched alkanes of at least 4 members (excludes halogenated alkanes) is 9. The molecule has 1 aromatic carbocycles. The van der Waals surface area contributed by atoms with Gasteiger partial charge in [0.25, 0.3) is 0 Å². The van der Waals surface area contributed by atoms with Gasteiger partial charge in [0, 0.05) is 0 Å². The van der Waals surface area contributed by atoms with Crippen molar-refractivity contribution in [3.63, 3.8) is 0 Å². The number of hydrogen-bond donors (Lipinski definition) is 1. The number of nitrogens with one attached hydrogen (secondary N) is 1. The van der Waals surface area contributed by atoms with Crippen molar-refractivity contribution in [2.24, 2.45) is 0 Å². The van der Waals surface area contributed by atoms with Crippen LogP contribution in [0, 0.1) is 0 Å². The van der Waals surface area contributed by atoms with Crippen molar-refractivity contribution in [3.05, 3.63) is 48.0 Å². The monoisotopic (exact) mass is 431 g/mol. The molecule has 0 aliphatic heterocycles. The molecule has 6 nitrogen and oxygen atoms in total. The van der Waals surface area contributed by atoms with E-state index < -0.39 is 23.9 Å². The molecular formula is C25H37NO5. The largest absolute Gasteiger partial charge is 0.467 e. The lowest BCUT2D eigenvalue weighted by Gasteiger charge is -2.14. The summed E-state index contributed by atoms with van der Waals surface area (Å²) in [6.07, 6.45) is 14.1. The van der Waals surface area contributed by atoms with Gasteiger partial charge in [0.2, 0.25) is 0 Å². The highest BCUT2D eigenvalue weighted by Crippen LogP contribution is 2.10. The maximum absolute atomic E-state index is 12.4. The highest BCUT2D eigenvalue weighted by molar-refractivity contribution is 6.10. The lowest BCUT2D eigenvalue weighted by atomic mass is 10.1. The molecule has 1 N–H and O–H groups in total. The summed E-state index contributed by atoms with van der Waals surface area (Å²) in [7, 11) is 1.17. The quantitative estimate of drug-likeness (QED) is 0.162. The minimum absolute atomic E-state index is 0.0448. The van der Waals surface area contributed by atoms with Crippen molar-refractivity contribution in [2.45, 2.75) is 83.8 Å². The van der Waals surface area contributed by atoms with E-state index in [1.54, 1.807) is 6.08 Å². The molecule has 0 fully saturated rings. The number of methoxy groups -OCH3 is 1. The number of alkyl carbamates (subject to hydrolysis) is 1. The fourth-order valence-corrected chi connectivity index (χ4v) is 3.12. The van der Waals surface area contributed by atoms with Gasteiger partial charge in [0.1, 0.15) is 6.61 Å². The lowest BCUT2D eigenvalue weighted by Crippen LogP contribution is -2.46. The van der Waals surface area contributed by atoms with Gasteiger partial charge in [-0.05, 0) is 24.5 Å². The molecule has 6 heteroatoms. The van der Waals surface area contributed by atoms with Crippen molar-refractivity contribution in [3.8, 4) is 0 Å². The third-order valence-electron chi connectivity index (χ3n) is 4.95. The van der Waals surface area contributed by atoms with Crippen LogP contribution < -0.4 is 5.32 Å². The number of carbonyl (C=O) groups is 3. The van der Waals surface area contributed by atoms with Crippen molar-refractivity contribution in [1.82, 2.24) is 5.32 Å². The van der Waals surface area contributed by atoms with Crippen LogP contribution in [0.4, 0.5) is 4.79 Å². The Labute approximate surface area is 186 Å². The molecule has 1 atom stereocenters. The molecule has 0 aromatic heterocycles. The minimum atomic E-state index is -1.41. The third kappa shape index (κ3) is 12.6. The summed E-state index contributed by atoms with van der Waals surface area (Å²) in [6.45, 7) is 2.27. The van der Waals surface area contributed by atoms with Crippen LogP contribution in [0.15, 0.2) is 42.5 Å². The number of ketones is 1. The summed E-state index contributed by atoms with van der Waals surface area (Å²) in [5.74, 6) is -1.35. The predicted octanol–water partition coefficient (Wildman–Crippen LogP) is 5.50. The average Bonchev–Trinajstić information content (AvgIpc) is 2.79. The van der Waals surface area contributed by atoms with Crippen molar-refractivity contribution >= 4 is 17.8 Å². The predicted molar refractivity (Wildman–Crippen MR) is 122 cm³/mol. The summed E-state index contributed by atoms with van der Waals surface area (Å²) in [4.78, 5) is 36.3. The fourth-order valence-electron chi connectivity index (χ4n) is 3.12. The van der Waals surface area contributed by atoms with E-state index in [1.807, 2.05) is 30.3 Å². The number of amides is 1. The second-order valence-electron chi connectivity index (χ2n) is 7.58. The van der Waals surface area contributed by atoms with Crippen molar-refractivity contribution < 1.29 is 23.9 Å². The molecule has 0 radical (unpaired) electrons. The molecule has 1 amide bonds. The number of carbonyl (C=O) groups excluding carboxylic acids is 3. The third-order valence-corrected chi connectivity index (χ3v) is 4.95. The molecule has 0 aliphatic rings. The van der Waals surface area contributed by atoms with Gasteiger partial charge >= 0.3 is 12.1 Å². The zero-order chi connectivity index (χ0) is 22.7. The first kappa shape index (κ1) is 26.4.